The molecule has 2 heterocycles. The predicted molar refractivity (Wildman–Crippen MR) is 216 cm³/mol. The Morgan fingerprint density at radius 1 is 0.519 bits per heavy atom. The first-order valence-corrected chi connectivity index (χ1v) is 18.0. The first-order chi connectivity index (χ1) is 25.5. The number of benzene rings is 7. The molecule has 0 fully saturated rings. The molecular weight excluding hydrogens is 633 g/mol. The molecule has 1 aromatic heterocycles. The van der Waals surface area contributed by atoms with E-state index in [9.17, 15) is 0 Å². The Morgan fingerprint density at radius 2 is 1.17 bits per heavy atom. The van der Waals surface area contributed by atoms with Crippen molar-refractivity contribution >= 4 is 33.5 Å². The van der Waals surface area contributed by atoms with Gasteiger partial charge in [-0.1, -0.05) is 159 Å². The Morgan fingerprint density at radius 3 is 1.96 bits per heavy atom. The lowest BCUT2D eigenvalue weighted by Gasteiger charge is -2.24. The summed E-state index contributed by atoms with van der Waals surface area (Å²) in [6.45, 7) is 4.71. The third-order valence-electron chi connectivity index (χ3n) is 10.9. The van der Waals surface area contributed by atoms with E-state index in [1.807, 2.05) is 36.4 Å². The van der Waals surface area contributed by atoms with Crippen LogP contribution in [0.25, 0.3) is 49.7 Å². The van der Waals surface area contributed by atoms with Crippen LogP contribution in [0.3, 0.4) is 0 Å². The lowest BCUT2D eigenvalue weighted by molar-refractivity contribution is 0.661. The van der Waals surface area contributed by atoms with Gasteiger partial charge in [0.15, 0.2) is 5.84 Å². The zero-order valence-electron chi connectivity index (χ0n) is 29.1. The molecule has 0 saturated carbocycles. The molecule has 52 heavy (non-hydrogen) atoms. The summed E-state index contributed by atoms with van der Waals surface area (Å²) < 4.78 is 2.47. The van der Waals surface area contributed by atoms with Gasteiger partial charge in [0.2, 0.25) is 0 Å². The second-order valence-corrected chi connectivity index (χ2v) is 14.3. The SMILES string of the molecule is CC1(C)c2ccccc2-c2cc3c4ccccc4n(-c4ccccc4-c4ccc(C5N=C(c6ccccc6)N=C(c6ccccc6)N5)cc4)c3cc21. The van der Waals surface area contributed by atoms with Crippen molar-refractivity contribution in [2.45, 2.75) is 25.4 Å². The maximum Gasteiger partial charge on any atom is 0.159 e. The fourth-order valence-corrected chi connectivity index (χ4v) is 8.26. The number of para-hydroxylation sites is 2. The van der Waals surface area contributed by atoms with E-state index in [0.717, 1.165) is 39.6 Å². The van der Waals surface area contributed by atoms with E-state index in [0.29, 0.717) is 0 Å². The minimum absolute atomic E-state index is 0.0855. The van der Waals surface area contributed by atoms with Crippen LogP contribution in [-0.2, 0) is 5.41 Å². The van der Waals surface area contributed by atoms with Gasteiger partial charge in [0.25, 0.3) is 0 Å². The highest BCUT2D eigenvalue weighted by Gasteiger charge is 2.36. The van der Waals surface area contributed by atoms with E-state index in [1.165, 1.54) is 49.6 Å². The van der Waals surface area contributed by atoms with Crippen molar-refractivity contribution in [3.63, 3.8) is 0 Å². The molecule has 0 amide bonds. The Kier molecular flexibility index (Phi) is 6.87. The molecule has 1 aliphatic heterocycles. The molecule has 0 radical (unpaired) electrons. The lowest BCUT2D eigenvalue weighted by Crippen LogP contribution is -2.33. The van der Waals surface area contributed by atoms with E-state index < -0.39 is 0 Å². The van der Waals surface area contributed by atoms with Crippen molar-refractivity contribution in [3.05, 3.63) is 198 Å². The van der Waals surface area contributed by atoms with Crippen LogP contribution in [0, 0.1) is 0 Å². The van der Waals surface area contributed by atoms with Gasteiger partial charge in [0, 0.05) is 32.9 Å². The molecular formula is C48H36N4. The molecule has 10 rings (SSSR count). The minimum atomic E-state index is -0.279. The number of nitrogens with one attached hydrogen (secondary N) is 1. The fourth-order valence-electron chi connectivity index (χ4n) is 8.26. The van der Waals surface area contributed by atoms with Crippen LogP contribution in [0.15, 0.2) is 180 Å². The highest BCUT2D eigenvalue weighted by atomic mass is 15.2. The Labute approximate surface area is 303 Å². The first-order valence-electron chi connectivity index (χ1n) is 18.0. The summed E-state index contributed by atoms with van der Waals surface area (Å²) in [6.07, 6.45) is -0.279. The van der Waals surface area contributed by atoms with Crippen molar-refractivity contribution in [3.8, 4) is 27.9 Å². The van der Waals surface area contributed by atoms with Gasteiger partial charge >= 0.3 is 0 Å². The summed E-state index contributed by atoms with van der Waals surface area (Å²) in [5.41, 5.74) is 14.4. The summed E-state index contributed by atoms with van der Waals surface area (Å²) in [4.78, 5) is 10.0. The number of hydrogen-bond donors (Lipinski definition) is 1. The molecule has 0 saturated heterocycles. The topological polar surface area (TPSA) is 41.7 Å². The minimum Gasteiger partial charge on any atom is -0.344 e. The Hall–Kier alpha value is -6.52. The van der Waals surface area contributed by atoms with Crippen molar-refractivity contribution in [1.82, 2.24) is 9.88 Å². The molecule has 7 aromatic carbocycles. The number of aromatic nitrogens is 1. The Balaban J connectivity index is 1.08. The molecule has 4 nitrogen and oxygen atoms in total. The van der Waals surface area contributed by atoms with Crippen molar-refractivity contribution in [1.29, 1.82) is 0 Å². The van der Waals surface area contributed by atoms with Crippen molar-refractivity contribution in [2.24, 2.45) is 9.98 Å². The van der Waals surface area contributed by atoms with E-state index in [1.54, 1.807) is 0 Å². The molecule has 248 valence electrons. The van der Waals surface area contributed by atoms with Crippen molar-refractivity contribution in [2.75, 3.05) is 0 Å². The standard InChI is InChI=1S/C48H36N4/c1-48(2)40-22-12-9-20-36(40)38-29-39-37-21-11-14-24-43(37)52(44(39)30-41(38)48)42-23-13-10-19-35(42)31-25-27-34(28-26-31)47-50-45(32-15-5-3-6-16-32)49-46(51-47)33-17-7-4-8-18-33/h3-30,47H,1-2H3,(H,49,50,51). The quantitative estimate of drug-likeness (QED) is 0.195. The van der Waals surface area contributed by atoms with Crippen LogP contribution in [0.4, 0.5) is 0 Å². The normalized spacial score (nSPS) is 15.8. The van der Waals surface area contributed by atoms with Gasteiger partial charge in [-0.2, -0.15) is 0 Å². The number of fused-ring (bicyclic) bond motifs is 6. The smallest absolute Gasteiger partial charge is 0.159 e. The van der Waals surface area contributed by atoms with Crippen molar-refractivity contribution < 1.29 is 0 Å². The molecule has 8 aromatic rings. The third kappa shape index (κ3) is 4.75. The number of amidine groups is 2. The highest BCUT2D eigenvalue weighted by molar-refractivity contribution is 6.13. The van der Waals surface area contributed by atoms with E-state index in [-0.39, 0.29) is 11.6 Å². The van der Waals surface area contributed by atoms with Gasteiger partial charge in [0.1, 0.15) is 12.0 Å². The monoisotopic (exact) mass is 668 g/mol. The average Bonchev–Trinajstić information content (AvgIpc) is 3.65. The zero-order valence-corrected chi connectivity index (χ0v) is 29.1. The van der Waals surface area contributed by atoms with E-state index in [2.05, 4.69) is 157 Å². The third-order valence-corrected chi connectivity index (χ3v) is 10.9. The largest absolute Gasteiger partial charge is 0.344 e. The summed E-state index contributed by atoms with van der Waals surface area (Å²) in [7, 11) is 0. The molecule has 1 aliphatic carbocycles. The highest BCUT2D eigenvalue weighted by Crippen LogP contribution is 2.51. The molecule has 0 bridgehead atoms. The van der Waals surface area contributed by atoms with Crippen LogP contribution in [0.1, 0.15) is 47.8 Å². The molecule has 2 aliphatic rings. The van der Waals surface area contributed by atoms with Gasteiger partial charge in [0.05, 0.1) is 16.7 Å². The van der Waals surface area contributed by atoms with Crippen LogP contribution < -0.4 is 5.32 Å². The number of nitrogens with zero attached hydrogens (tertiary/aromatic N) is 3. The maximum atomic E-state index is 5.10. The summed E-state index contributed by atoms with van der Waals surface area (Å²) >= 11 is 0. The summed E-state index contributed by atoms with van der Waals surface area (Å²) in [5.74, 6) is 1.54. The molecule has 0 spiro atoms. The second-order valence-electron chi connectivity index (χ2n) is 14.3. The number of aliphatic imine (C=N–C) groups is 2. The van der Waals surface area contributed by atoms with Gasteiger partial charge in [-0.25, -0.2) is 9.98 Å². The Bertz CT molecular complexity index is 2720. The van der Waals surface area contributed by atoms with Crippen LogP contribution in [-0.4, -0.2) is 16.2 Å². The van der Waals surface area contributed by atoms with Gasteiger partial charge in [-0.15, -0.1) is 0 Å². The van der Waals surface area contributed by atoms with Crippen LogP contribution in [0.2, 0.25) is 0 Å². The van der Waals surface area contributed by atoms with Gasteiger partial charge < -0.3 is 9.88 Å². The molecule has 1 unspecified atom stereocenters. The predicted octanol–water partition coefficient (Wildman–Crippen LogP) is 11.3. The van der Waals surface area contributed by atoms with Crippen LogP contribution in [0.5, 0.6) is 0 Å². The molecule has 1 atom stereocenters. The summed E-state index contributed by atoms with van der Waals surface area (Å²) in [5, 5.41) is 6.15. The van der Waals surface area contributed by atoms with Crippen LogP contribution >= 0.6 is 0 Å². The molecule has 4 heteroatoms. The van der Waals surface area contributed by atoms with E-state index >= 15 is 0 Å². The summed E-state index contributed by atoms with van der Waals surface area (Å²) in [6, 6.07) is 60.7. The molecule has 1 N–H and O–H groups in total. The van der Waals surface area contributed by atoms with E-state index in [4.69, 9.17) is 9.98 Å². The maximum absolute atomic E-state index is 5.10. The second kappa shape index (κ2) is 11.8. The number of hydrogen-bond acceptors (Lipinski definition) is 3. The average molecular weight is 669 g/mol. The fraction of sp³-hybridized carbons (Fsp3) is 0.0833. The first kappa shape index (κ1) is 30.3. The van der Waals surface area contributed by atoms with Gasteiger partial charge in [-0.3, -0.25) is 0 Å². The lowest BCUT2D eigenvalue weighted by atomic mass is 9.82. The van der Waals surface area contributed by atoms with Gasteiger partial charge in [-0.05, 0) is 57.6 Å². The number of rotatable bonds is 5. The zero-order chi connectivity index (χ0) is 34.8.